The molecular formula is C12H15NO6S. The maximum Gasteiger partial charge on any atom is 0.412 e. The van der Waals surface area contributed by atoms with E-state index in [4.69, 9.17) is 14.2 Å². The third-order valence-electron chi connectivity index (χ3n) is 3.14. The number of rotatable bonds is 5. The Morgan fingerprint density at radius 3 is 2.15 bits per heavy atom. The van der Waals surface area contributed by atoms with Crippen LogP contribution in [0.4, 0.5) is 0 Å². The molecule has 0 saturated carbocycles. The summed E-state index contributed by atoms with van der Waals surface area (Å²) in [5, 5.41) is -2.34. The van der Waals surface area contributed by atoms with Crippen LogP contribution in [0.1, 0.15) is 15.9 Å². The van der Waals surface area contributed by atoms with Crippen LogP contribution >= 0.6 is 0 Å². The van der Waals surface area contributed by atoms with Gasteiger partial charge in [-0.05, 0) is 11.6 Å². The summed E-state index contributed by atoms with van der Waals surface area (Å²) < 4.78 is 40.3. The molecule has 20 heavy (non-hydrogen) atoms. The summed E-state index contributed by atoms with van der Waals surface area (Å²) in [6.07, 6.45) is 0. The number of carbonyl (C=O) groups is 1. The van der Waals surface area contributed by atoms with E-state index in [1.54, 1.807) is 24.3 Å². The van der Waals surface area contributed by atoms with Crippen LogP contribution in [0.5, 0.6) is 0 Å². The van der Waals surface area contributed by atoms with Crippen LogP contribution in [0, 0.1) is 0 Å². The molecule has 0 fully saturated rings. The Kier molecular flexibility index (Phi) is 3.83. The molecule has 0 bridgehead atoms. The summed E-state index contributed by atoms with van der Waals surface area (Å²) in [7, 11) is -0.943. The third kappa shape index (κ3) is 1.92. The Hall–Kier alpha value is -1.48. The van der Waals surface area contributed by atoms with Crippen molar-refractivity contribution in [2.75, 3.05) is 21.3 Å². The number of ether oxygens (including phenoxy) is 3. The molecule has 0 unspecified atom stereocenters. The molecule has 2 rings (SSSR count). The average molecular weight is 301 g/mol. The molecule has 1 aliphatic rings. The van der Waals surface area contributed by atoms with Crippen LogP contribution in [0.15, 0.2) is 24.3 Å². The van der Waals surface area contributed by atoms with Crippen molar-refractivity contribution in [3.8, 4) is 0 Å². The van der Waals surface area contributed by atoms with Gasteiger partial charge in [-0.2, -0.15) is 8.42 Å². The maximum atomic E-state index is 12.6. The molecule has 1 aliphatic heterocycles. The molecule has 1 aromatic carbocycles. The molecule has 0 N–H and O–H groups in total. The number of fused-ring (bicyclic) bond motifs is 1. The Balaban J connectivity index is 2.46. The molecule has 7 nitrogen and oxygen atoms in total. The molecule has 0 radical (unpaired) electrons. The average Bonchev–Trinajstić information content (AvgIpc) is 2.80. The SMILES string of the molecule is COC(OC)(OC)S(=O)(=O)N1Cc2ccccc2C1=O. The van der Waals surface area contributed by atoms with E-state index in [9.17, 15) is 13.2 Å². The summed E-state index contributed by atoms with van der Waals surface area (Å²) in [6.45, 7) is -0.0742. The monoisotopic (exact) mass is 301 g/mol. The first kappa shape index (κ1) is 14.9. The number of amides is 1. The molecule has 1 amide bonds. The fourth-order valence-electron chi connectivity index (χ4n) is 2.12. The number of nitrogens with zero attached hydrogens (tertiary/aromatic N) is 1. The summed E-state index contributed by atoms with van der Waals surface area (Å²) in [6, 6.07) is 6.67. The predicted molar refractivity (Wildman–Crippen MR) is 69.0 cm³/mol. The molecule has 1 aromatic rings. The van der Waals surface area contributed by atoms with Crippen molar-refractivity contribution >= 4 is 15.9 Å². The summed E-state index contributed by atoms with van der Waals surface area (Å²) in [5.41, 5.74) is 0.964. The zero-order chi connectivity index (χ0) is 15.0. The molecule has 0 aromatic heterocycles. The third-order valence-corrected chi connectivity index (χ3v) is 5.15. The minimum Gasteiger partial charge on any atom is -0.317 e. The van der Waals surface area contributed by atoms with Crippen LogP contribution in [0.2, 0.25) is 0 Å². The van der Waals surface area contributed by atoms with Crippen molar-refractivity contribution in [3.63, 3.8) is 0 Å². The van der Waals surface area contributed by atoms with Gasteiger partial charge in [0, 0.05) is 26.9 Å². The Morgan fingerprint density at radius 2 is 1.65 bits per heavy atom. The first-order valence-corrected chi connectivity index (χ1v) is 7.17. The lowest BCUT2D eigenvalue weighted by molar-refractivity contribution is -0.292. The molecule has 1 heterocycles. The van der Waals surface area contributed by atoms with Gasteiger partial charge < -0.3 is 14.2 Å². The minimum atomic E-state index is -4.31. The first-order chi connectivity index (χ1) is 9.43. The van der Waals surface area contributed by atoms with Gasteiger partial charge in [-0.3, -0.25) is 4.79 Å². The Labute approximate surface area is 117 Å². The molecule has 0 spiro atoms. The van der Waals surface area contributed by atoms with Gasteiger partial charge in [0.05, 0.1) is 6.54 Å². The second-order valence-electron chi connectivity index (χ2n) is 4.09. The van der Waals surface area contributed by atoms with E-state index in [0.717, 1.165) is 21.3 Å². The molecule has 0 saturated heterocycles. The zero-order valence-corrected chi connectivity index (χ0v) is 12.1. The van der Waals surface area contributed by atoms with E-state index in [2.05, 4.69) is 0 Å². The smallest absolute Gasteiger partial charge is 0.317 e. The van der Waals surface area contributed by atoms with Crippen molar-refractivity contribution in [1.82, 2.24) is 4.31 Å². The maximum absolute atomic E-state index is 12.6. The summed E-state index contributed by atoms with van der Waals surface area (Å²) in [4.78, 5) is 12.2. The van der Waals surface area contributed by atoms with Gasteiger partial charge in [0.15, 0.2) is 0 Å². The fourth-order valence-corrected chi connectivity index (χ4v) is 3.65. The van der Waals surface area contributed by atoms with Gasteiger partial charge in [0.2, 0.25) is 0 Å². The lowest BCUT2D eigenvalue weighted by Gasteiger charge is -2.31. The van der Waals surface area contributed by atoms with Gasteiger partial charge >= 0.3 is 15.3 Å². The van der Waals surface area contributed by atoms with Gasteiger partial charge in [0.1, 0.15) is 0 Å². The minimum absolute atomic E-state index is 0.0742. The van der Waals surface area contributed by atoms with E-state index in [-0.39, 0.29) is 6.54 Å². The fraction of sp³-hybridized carbons (Fsp3) is 0.417. The standard InChI is InChI=1S/C12H15NO6S/c1-17-12(18-2,19-3)20(15,16)13-8-9-6-4-5-7-10(9)11(13)14/h4-7H,8H2,1-3H3. The topological polar surface area (TPSA) is 82.1 Å². The number of carbonyl (C=O) groups excluding carboxylic acids is 1. The normalized spacial score (nSPS) is 15.6. The lowest BCUT2D eigenvalue weighted by Crippen LogP contribution is -2.52. The Bertz CT molecular complexity index is 614. The van der Waals surface area contributed by atoms with Crippen molar-refractivity contribution < 1.29 is 27.4 Å². The number of benzene rings is 1. The van der Waals surface area contributed by atoms with Crippen molar-refractivity contribution in [2.24, 2.45) is 0 Å². The van der Waals surface area contributed by atoms with Gasteiger partial charge in [-0.15, -0.1) is 0 Å². The largest absolute Gasteiger partial charge is 0.412 e. The number of hydrogen-bond acceptors (Lipinski definition) is 6. The van der Waals surface area contributed by atoms with Crippen molar-refractivity contribution in [3.05, 3.63) is 35.4 Å². The van der Waals surface area contributed by atoms with Gasteiger partial charge in [-0.1, -0.05) is 18.2 Å². The molecule has 0 atom stereocenters. The summed E-state index contributed by atoms with van der Waals surface area (Å²) in [5.74, 6) is -0.629. The molecule has 8 heteroatoms. The van der Waals surface area contributed by atoms with Crippen LogP contribution < -0.4 is 0 Å². The quantitative estimate of drug-likeness (QED) is 0.738. The Morgan fingerprint density at radius 1 is 1.10 bits per heavy atom. The number of hydrogen-bond donors (Lipinski definition) is 0. The van der Waals surface area contributed by atoms with Crippen molar-refractivity contribution in [2.45, 2.75) is 11.8 Å². The van der Waals surface area contributed by atoms with Crippen molar-refractivity contribution in [1.29, 1.82) is 0 Å². The predicted octanol–water partition coefficient (Wildman–Crippen LogP) is 0.523. The molecule has 0 aliphatic carbocycles. The highest BCUT2D eigenvalue weighted by atomic mass is 32.2. The lowest BCUT2D eigenvalue weighted by atomic mass is 10.1. The molecular weight excluding hydrogens is 286 g/mol. The highest BCUT2D eigenvalue weighted by Crippen LogP contribution is 2.32. The van der Waals surface area contributed by atoms with E-state index < -0.39 is 21.2 Å². The number of methoxy groups -OCH3 is 3. The van der Waals surface area contributed by atoms with E-state index in [1.165, 1.54) is 0 Å². The zero-order valence-electron chi connectivity index (χ0n) is 11.3. The second-order valence-corrected chi connectivity index (χ2v) is 5.98. The van der Waals surface area contributed by atoms with Gasteiger partial charge in [0.25, 0.3) is 5.91 Å². The molecule has 110 valence electrons. The highest BCUT2D eigenvalue weighted by molar-refractivity contribution is 7.90. The van der Waals surface area contributed by atoms with Crippen LogP contribution in [-0.4, -0.2) is 45.3 Å². The van der Waals surface area contributed by atoms with Crippen LogP contribution in [0.3, 0.4) is 0 Å². The van der Waals surface area contributed by atoms with E-state index in [0.29, 0.717) is 15.4 Å². The van der Waals surface area contributed by atoms with E-state index in [1.807, 2.05) is 0 Å². The highest BCUT2D eigenvalue weighted by Gasteiger charge is 2.53. The number of sulfonamides is 1. The summed E-state index contributed by atoms with van der Waals surface area (Å²) >= 11 is 0. The second kappa shape index (κ2) is 5.13. The van der Waals surface area contributed by atoms with E-state index >= 15 is 0 Å². The first-order valence-electron chi connectivity index (χ1n) is 5.73. The van der Waals surface area contributed by atoms with Crippen LogP contribution in [0.25, 0.3) is 0 Å². The van der Waals surface area contributed by atoms with Gasteiger partial charge in [-0.25, -0.2) is 4.31 Å². The van der Waals surface area contributed by atoms with Crippen LogP contribution in [-0.2, 0) is 30.8 Å².